The minimum atomic E-state index is -0.0355. The second-order valence-corrected chi connectivity index (χ2v) is 6.91. The minimum Gasteiger partial charge on any atom is -0.354 e. The highest BCUT2D eigenvalue weighted by atomic mass is 35.5. The van der Waals surface area contributed by atoms with Gasteiger partial charge in [-0.15, -0.1) is 0 Å². The maximum atomic E-state index is 12.1. The van der Waals surface area contributed by atoms with Crippen LogP contribution in [-0.4, -0.2) is 37.2 Å². The number of ketones is 1. The molecule has 0 saturated carbocycles. The predicted molar refractivity (Wildman–Crippen MR) is 106 cm³/mol. The van der Waals surface area contributed by atoms with E-state index in [1.54, 1.807) is 12.1 Å². The number of hydrogen-bond donors (Lipinski definition) is 1. The molecule has 2 aromatic carbocycles. The first kappa shape index (κ1) is 20.1. The van der Waals surface area contributed by atoms with Crippen LogP contribution in [-0.2, 0) is 4.79 Å². The normalized spacial score (nSPS) is 12.0. The zero-order valence-electron chi connectivity index (χ0n) is 15.2. The summed E-state index contributed by atoms with van der Waals surface area (Å²) < 4.78 is 0. The molecule has 138 valence electrons. The van der Waals surface area contributed by atoms with E-state index in [2.05, 4.69) is 10.2 Å². The fraction of sp³-hybridized carbons (Fsp3) is 0.333. The summed E-state index contributed by atoms with van der Waals surface area (Å²) in [7, 11) is 3.95. The Morgan fingerprint density at radius 1 is 1.00 bits per heavy atom. The fourth-order valence-electron chi connectivity index (χ4n) is 2.76. The Morgan fingerprint density at radius 2 is 1.65 bits per heavy atom. The highest BCUT2D eigenvalue weighted by Gasteiger charge is 2.15. The lowest BCUT2D eigenvalue weighted by molar-refractivity contribution is -0.121. The fourth-order valence-corrected chi connectivity index (χ4v) is 2.89. The Morgan fingerprint density at radius 3 is 2.27 bits per heavy atom. The largest absolute Gasteiger partial charge is 0.354 e. The maximum Gasteiger partial charge on any atom is 0.220 e. The van der Waals surface area contributed by atoms with E-state index in [1.807, 2.05) is 56.6 Å². The summed E-state index contributed by atoms with van der Waals surface area (Å²) in [6.07, 6.45) is 1.28. The van der Waals surface area contributed by atoms with Crippen LogP contribution in [0.3, 0.4) is 0 Å². The molecular formula is C21H25ClN2O2. The molecule has 0 aliphatic heterocycles. The van der Waals surface area contributed by atoms with E-state index >= 15 is 0 Å². The van der Waals surface area contributed by atoms with E-state index in [-0.39, 0.29) is 17.7 Å². The lowest BCUT2D eigenvalue weighted by Crippen LogP contribution is -2.34. The van der Waals surface area contributed by atoms with Crippen LogP contribution in [0.25, 0.3) is 0 Å². The topological polar surface area (TPSA) is 49.4 Å². The van der Waals surface area contributed by atoms with Gasteiger partial charge in [0.15, 0.2) is 5.78 Å². The molecule has 1 amide bonds. The van der Waals surface area contributed by atoms with Crippen LogP contribution in [0.4, 0.5) is 0 Å². The molecule has 1 atom stereocenters. The van der Waals surface area contributed by atoms with E-state index < -0.39 is 0 Å². The number of likely N-dealkylation sites (N-methyl/N-ethyl adjacent to an activating group) is 1. The number of nitrogens with one attached hydrogen (secondary N) is 1. The number of nitrogens with zero attached hydrogens (tertiary/aromatic N) is 1. The first-order valence-electron chi connectivity index (χ1n) is 8.74. The zero-order chi connectivity index (χ0) is 18.9. The first-order valence-corrected chi connectivity index (χ1v) is 9.12. The number of amides is 1. The third-order valence-electron chi connectivity index (χ3n) is 4.27. The summed E-state index contributed by atoms with van der Waals surface area (Å²) in [6.45, 7) is 0.514. The molecular weight excluding hydrogens is 348 g/mol. The molecule has 0 spiro atoms. The molecule has 2 rings (SSSR count). The van der Waals surface area contributed by atoms with Gasteiger partial charge in [-0.3, -0.25) is 9.59 Å². The Balaban J connectivity index is 1.77. The Bertz CT molecular complexity index is 715. The number of rotatable bonds is 9. The van der Waals surface area contributed by atoms with Crippen molar-refractivity contribution in [3.05, 3.63) is 70.7 Å². The van der Waals surface area contributed by atoms with Gasteiger partial charge in [-0.05, 0) is 38.2 Å². The molecule has 0 aliphatic carbocycles. The molecule has 1 N–H and O–H groups in total. The Labute approximate surface area is 160 Å². The van der Waals surface area contributed by atoms with Crippen molar-refractivity contribution in [1.29, 1.82) is 0 Å². The van der Waals surface area contributed by atoms with E-state index in [4.69, 9.17) is 11.6 Å². The standard InChI is InChI=1S/C21H25ClN2O2/c1-24(2)19(16-11-13-18(22)14-12-16)15-23-21(26)10-6-9-20(25)17-7-4-3-5-8-17/h3-5,7-8,11-14,19H,6,9-10,15H2,1-2H3,(H,23,26). The van der Waals surface area contributed by atoms with Gasteiger partial charge in [0.1, 0.15) is 0 Å². The summed E-state index contributed by atoms with van der Waals surface area (Å²) in [5, 5.41) is 3.66. The summed E-state index contributed by atoms with van der Waals surface area (Å²) in [4.78, 5) is 26.2. The molecule has 1 unspecified atom stereocenters. The van der Waals surface area contributed by atoms with Crippen LogP contribution in [0.2, 0.25) is 5.02 Å². The first-order chi connectivity index (χ1) is 12.5. The highest BCUT2D eigenvalue weighted by molar-refractivity contribution is 6.30. The quantitative estimate of drug-likeness (QED) is 0.674. The van der Waals surface area contributed by atoms with Crippen LogP contribution in [0.15, 0.2) is 54.6 Å². The van der Waals surface area contributed by atoms with E-state index in [0.29, 0.717) is 36.4 Å². The van der Waals surface area contributed by atoms with E-state index in [1.165, 1.54) is 0 Å². The van der Waals surface area contributed by atoms with Crippen LogP contribution in [0.5, 0.6) is 0 Å². The number of benzene rings is 2. The number of halogens is 1. The van der Waals surface area contributed by atoms with Gasteiger partial charge < -0.3 is 10.2 Å². The zero-order valence-corrected chi connectivity index (χ0v) is 16.0. The Hall–Kier alpha value is -2.17. The van der Waals surface area contributed by atoms with Gasteiger partial charge >= 0.3 is 0 Å². The lowest BCUT2D eigenvalue weighted by atomic mass is 10.0. The highest BCUT2D eigenvalue weighted by Crippen LogP contribution is 2.20. The van der Waals surface area contributed by atoms with Crippen molar-refractivity contribution in [3.63, 3.8) is 0 Å². The van der Waals surface area contributed by atoms with Crippen LogP contribution >= 0.6 is 11.6 Å². The van der Waals surface area contributed by atoms with Crippen LogP contribution in [0, 0.1) is 0 Å². The predicted octanol–water partition coefficient (Wildman–Crippen LogP) is 4.11. The van der Waals surface area contributed by atoms with Gasteiger partial charge in [-0.25, -0.2) is 0 Å². The molecule has 26 heavy (non-hydrogen) atoms. The molecule has 0 radical (unpaired) electrons. The number of carbonyl (C=O) groups is 2. The van der Waals surface area contributed by atoms with Gasteiger partial charge in [0.2, 0.25) is 5.91 Å². The van der Waals surface area contributed by atoms with Gasteiger partial charge in [-0.1, -0.05) is 54.1 Å². The monoisotopic (exact) mass is 372 g/mol. The van der Waals surface area contributed by atoms with Crippen LogP contribution in [0.1, 0.15) is 41.2 Å². The SMILES string of the molecule is CN(C)C(CNC(=O)CCCC(=O)c1ccccc1)c1ccc(Cl)cc1. The molecule has 0 aromatic heterocycles. The summed E-state index contributed by atoms with van der Waals surface area (Å²) in [6, 6.07) is 16.9. The minimum absolute atomic E-state index is 0.0355. The smallest absolute Gasteiger partial charge is 0.220 e. The molecule has 5 heteroatoms. The maximum absolute atomic E-state index is 12.1. The van der Waals surface area contributed by atoms with Crippen molar-refractivity contribution in [1.82, 2.24) is 10.2 Å². The second-order valence-electron chi connectivity index (χ2n) is 6.48. The van der Waals surface area contributed by atoms with Gasteiger partial charge in [0, 0.05) is 30.0 Å². The van der Waals surface area contributed by atoms with Crippen molar-refractivity contribution >= 4 is 23.3 Å². The van der Waals surface area contributed by atoms with Gasteiger partial charge in [0.05, 0.1) is 6.04 Å². The Kier molecular flexibility index (Phi) is 7.82. The van der Waals surface area contributed by atoms with Crippen molar-refractivity contribution in [2.75, 3.05) is 20.6 Å². The summed E-state index contributed by atoms with van der Waals surface area (Å²) in [5.74, 6) is 0.0393. The third kappa shape index (κ3) is 6.28. The molecule has 0 aliphatic rings. The van der Waals surface area contributed by atoms with Crippen molar-refractivity contribution in [3.8, 4) is 0 Å². The van der Waals surface area contributed by atoms with Crippen molar-refractivity contribution < 1.29 is 9.59 Å². The average Bonchev–Trinajstić information content (AvgIpc) is 2.63. The number of carbonyl (C=O) groups excluding carboxylic acids is 2. The lowest BCUT2D eigenvalue weighted by Gasteiger charge is -2.25. The van der Waals surface area contributed by atoms with Gasteiger partial charge in [-0.2, -0.15) is 0 Å². The summed E-state index contributed by atoms with van der Waals surface area (Å²) >= 11 is 5.94. The van der Waals surface area contributed by atoms with E-state index in [0.717, 1.165) is 5.56 Å². The average molecular weight is 373 g/mol. The molecule has 0 bridgehead atoms. The second kappa shape index (κ2) is 10.1. The van der Waals surface area contributed by atoms with Gasteiger partial charge in [0.25, 0.3) is 0 Å². The molecule has 0 fully saturated rings. The van der Waals surface area contributed by atoms with E-state index in [9.17, 15) is 9.59 Å². The van der Waals surface area contributed by atoms with Crippen molar-refractivity contribution in [2.45, 2.75) is 25.3 Å². The number of Topliss-reactive ketones (excluding diaryl/α,β-unsaturated/α-hetero) is 1. The number of hydrogen-bond acceptors (Lipinski definition) is 3. The summed E-state index contributed by atoms with van der Waals surface area (Å²) in [5.41, 5.74) is 1.79. The molecule has 2 aromatic rings. The van der Waals surface area contributed by atoms with Crippen LogP contribution < -0.4 is 5.32 Å². The molecule has 4 nitrogen and oxygen atoms in total. The molecule has 0 heterocycles. The van der Waals surface area contributed by atoms with Crippen molar-refractivity contribution in [2.24, 2.45) is 0 Å². The third-order valence-corrected chi connectivity index (χ3v) is 4.53. The molecule has 0 saturated heterocycles.